The van der Waals surface area contributed by atoms with Crippen molar-refractivity contribution in [1.82, 2.24) is 4.72 Å². The minimum atomic E-state index is -3.76. The summed E-state index contributed by atoms with van der Waals surface area (Å²) in [7, 11) is -3.76. The second kappa shape index (κ2) is 6.77. The van der Waals surface area contributed by atoms with E-state index in [9.17, 15) is 8.42 Å². The van der Waals surface area contributed by atoms with Crippen molar-refractivity contribution in [2.45, 2.75) is 18.0 Å². The zero-order valence-corrected chi connectivity index (χ0v) is 13.2. The van der Waals surface area contributed by atoms with Crippen LogP contribution in [0.2, 0.25) is 10.0 Å². The van der Waals surface area contributed by atoms with Crippen LogP contribution in [0.4, 0.5) is 0 Å². The van der Waals surface area contributed by atoms with Crippen LogP contribution in [0.5, 0.6) is 0 Å². The molecule has 2 aromatic carbocycles. The fourth-order valence-corrected chi connectivity index (χ4v) is 3.56. The molecule has 0 atom stereocenters. The van der Waals surface area contributed by atoms with Crippen molar-refractivity contribution in [3.05, 3.63) is 63.6 Å². The third-order valence-corrected chi connectivity index (χ3v) is 4.94. The Morgan fingerprint density at radius 2 is 1.76 bits per heavy atom. The second-order valence-corrected chi connectivity index (χ2v) is 6.96. The molecule has 2 rings (SSSR count). The molecule has 0 aliphatic carbocycles. The van der Waals surface area contributed by atoms with Gasteiger partial charge in [0.2, 0.25) is 10.0 Å². The summed E-state index contributed by atoms with van der Waals surface area (Å²) in [6.07, 6.45) is 0. The fourth-order valence-electron chi connectivity index (χ4n) is 1.78. The Kier molecular flexibility index (Phi) is 5.24. The minimum absolute atomic E-state index is 0.0602. The number of halogens is 2. The summed E-state index contributed by atoms with van der Waals surface area (Å²) in [6, 6.07) is 11.3. The molecule has 2 aromatic rings. The third kappa shape index (κ3) is 4.18. The van der Waals surface area contributed by atoms with Crippen molar-refractivity contribution >= 4 is 33.2 Å². The number of aliphatic hydroxyl groups is 1. The number of hydrogen-bond acceptors (Lipinski definition) is 3. The van der Waals surface area contributed by atoms with Gasteiger partial charge >= 0.3 is 0 Å². The lowest BCUT2D eigenvalue weighted by Gasteiger charge is -2.09. The summed E-state index contributed by atoms with van der Waals surface area (Å²) >= 11 is 11.7. The number of sulfonamides is 1. The van der Waals surface area contributed by atoms with E-state index in [-0.39, 0.29) is 23.1 Å². The first kappa shape index (κ1) is 16.3. The zero-order valence-electron chi connectivity index (χ0n) is 10.9. The van der Waals surface area contributed by atoms with E-state index in [0.29, 0.717) is 10.6 Å². The van der Waals surface area contributed by atoms with E-state index in [2.05, 4.69) is 4.72 Å². The maximum atomic E-state index is 12.2. The molecule has 0 unspecified atom stereocenters. The molecule has 0 saturated carbocycles. The zero-order chi connectivity index (χ0) is 15.5. The van der Waals surface area contributed by atoms with E-state index >= 15 is 0 Å². The number of hydrogen-bond donors (Lipinski definition) is 2. The van der Waals surface area contributed by atoms with Gasteiger partial charge in [0.15, 0.2) is 0 Å². The standard InChI is InChI=1S/C14H13Cl2NO3S/c15-12-4-5-13(16)14(7-12)21(19,20)17-8-10-2-1-3-11(6-10)9-18/h1-7,17-18H,8-9H2. The van der Waals surface area contributed by atoms with Crippen molar-refractivity contribution in [1.29, 1.82) is 0 Å². The molecule has 0 radical (unpaired) electrons. The molecule has 0 fully saturated rings. The summed E-state index contributed by atoms with van der Waals surface area (Å²) in [5.41, 5.74) is 1.45. The predicted octanol–water partition coefficient (Wildman–Crippen LogP) is 2.96. The topological polar surface area (TPSA) is 66.4 Å². The van der Waals surface area contributed by atoms with E-state index in [1.165, 1.54) is 18.2 Å². The Labute approximate surface area is 133 Å². The highest BCUT2D eigenvalue weighted by Gasteiger charge is 2.18. The first-order chi connectivity index (χ1) is 9.92. The van der Waals surface area contributed by atoms with Crippen LogP contribution in [0.1, 0.15) is 11.1 Å². The van der Waals surface area contributed by atoms with Crippen LogP contribution in [0.3, 0.4) is 0 Å². The van der Waals surface area contributed by atoms with Crippen molar-refractivity contribution in [2.75, 3.05) is 0 Å². The predicted molar refractivity (Wildman–Crippen MR) is 82.9 cm³/mol. The van der Waals surface area contributed by atoms with Crippen LogP contribution < -0.4 is 4.72 Å². The fraction of sp³-hybridized carbons (Fsp3) is 0.143. The molecule has 21 heavy (non-hydrogen) atoms. The maximum Gasteiger partial charge on any atom is 0.242 e. The lowest BCUT2D eigenvalue weighted by Crippen LogP contribution is -2.23. The lowest BCUT2D eigenvalue weighted by atomic mass is 10.1. The van der Waals surface area contributed by atoms with Gasteiger partial charge in [0.25, 0.3) is 0 Å². The van der Waals surface area contributed by atoms with Crippen molar-refractivity contribution in [3.8, 4) is 0 Å². The van der Waals surface area contributed by atoms with E-state index in [0.717, 1.165) is 5.56 Å². The molecular formula is C14H13Cl2NO3S. The van der Waals surface area contributed by atoms with E-state index in [1.54, 1.807) is 24.3 Å². The van der Waals surface area contributed by atoms with Gasteiger partial charge in [0.1, 0.15) is 4.90 Å². The van der Waals surface area contributed by atoms with E-state index in [4.69, 9.17) is 28.3 Å². The van der Waals surface area contributed by atoms with Crippen LogP contribution in [-0.2, 0) is 23.2 Å². The van der Waals surface area contributed by atoms with Crippen LogP contribution in [0.15, 0.2) is 47.4 Å². The van der Waals surface area contributed by atoms with Gasteiger partial charge in [-0.25, -0.2) is 13.1 Å². The van der Waals surface area contributed by atoms with Crippen molar-refractivity contribution < 1.29 is 13.5 Å². The van der Waals surface area contributed by atoms with Crippen LogP contribution in [-0.4, -0.2) is 13.5 Å². The Morgan fingerprint density at radius 3 is 2.48 bits per heavy atom. The molecule has 0 aliphatic heterocycles. The maximum absolute atomic E-state index is 12.2. The molecule has 0 aromatic heterocycles. The van der Waals surface area contributed by atoms with E-state index in [1.807, 2.05) is 0 Å². The smallest absolute Gasteiger partial charge is 0.242 e. The molecule has 0 amide bonds. The third-order valence-electron chi connectivity index (χ3n) is 2.82. The molecule has 112 valence electrons. The van der Waals surface area contributed by atoms with Gasteiger partial charge in [-0.05, 0) is 29.3 Å². The van der Waals surface area contributed by atoms with Crippen LogP contribution in [0.25, 0.3) is 0 Å². The highest BCUT2D eigenvalue weighted by Crippen LogP contribution is 2.24. The largest absolute Gasteiger partial charge is 0.392 e. The number of aliphatic hydroxyl groups excluding tert-OH is 1. The summed E-state index contributed by atoms with van der Waals surface area (Å²) in [6.45, 7) is -0.000271. The summed E-state index contributed by atoms with van der Waals surface area (Å²) < 4.78 is 26.9. The Hall–Kier alpha value is -1.11. The van der Waals surface area contributed by atoms with Gasteiger partial charge < -0.3 is 5.11 Å². The number of rotatable bonds is 5. The minimum Gasteiger partial charge on any atom is -0.392 e. The number of benzene rings is 2. The number of nitrogens with one attached hydrogen (secondary N) is 1. The van der Waals surface area contributed by atoms with E-state index < -0.39 is 10.0 Å². The quantitative estimate of drug-likeness (QED) is 0.875. The van der Waals surface area contributed by atoms with Gasteiger partial charge in [-0.15, -0.1) is 0 Å². The molecule has 0 saturated heterocycles. The molecule has 4 nitrogen and oxygen atoms in total. The average molecular weight is 346 g/mol. The molecule has 0 heterocycles. The first-order valence-electron chi connectivity index (χ1n) is 6.06. The van der Waals surface area contributed by atoms with Crippen LogP contribution in [0, 0.1) is 0 Å². The molecular weight excluding hydrogens is 333 g/mol. The van der Waals surface area contributed by atoms with Gasteiger partial charge in [0.05, 0.1) is 11.6 Å². The Balaban J connectivity index is 2.19. The van der Waals surface area contributed by atoms with Crippen LogP contribution >= 0.6 is 23.2 Å². The molecule has 7 heteroatoms. The van der Waals surface area contributed by atoms with Gasteiger partial charge in [0, 0.05) is 11.6 Å². The highest BCUT2D eigenvalue weighted by molar-refractivity contribution is 7.89. The van der Waals surface area contributed by atoms with Crippen molar-refractivity contribution in [3.63, 3.8) is 0 Å². The summed E-state index contributed by atoms with van der Waals surface area (Å²) in [5.74, 6) is 0. The normalized spacial score (nSPS) is 11.6. The summed E-state index contributed by atoms with van der Waals surface area (Å²) in [5, 5.41) is 9.47. The SMILES string of the molecule is O=S(=O)(NCc1cccc(CO)c1)c1cc(Cl)ccc1Cl. The molecule has 0 bridgehead atoms. The average Bonchev–Trinajstić information content (AvgIpc) is 2.48. The van der Waals surface area contributed by atoms with Gasteiger partial charge in [-0.1, -0.05) is 47.5 Å². The van der Waals surface area contributed by atoms with Gasteiger partial charge in [-0.2, -0.15) is 0 Å². The monoisotopic (exact) mass is 345 g/mol. The highest BCUT2D eigenvalue weighted by atomic mass is 35.5. The molecule has 0 spiro atoms. The Morgan fingerprint density at radius 1 is 1.05 bits per heavy atom. The summed E-state index contributed by atoms with van der Waals surface area (Å²) in [4.78, 5) is -0.0602. The van der Waals surface area contributed by atoms with Gasteiger partial charge in [-0.3, -0.25) is 0 Å². The molecule has 0 aliphatic rings. The Bertz CT molecular complexity index is 748. The van der Waals surface area contributed by atoms with Crippen molar-refractivity contribution in [2.24, 2.45) is 0 Å². The first-order valence-corrected chi connectivity index (χ1v) is 8.29. The second-order valence-electron chi connectivity index (χ2n) is 4.38. The molecule has 2 N–H and O–H groups in total. The lowest BCUT2D eigenvalue weighted by molar-refractivity contribution is 0.281.